The molecule has 0 bridgehead atoms. The molecule has 5 nitrogen and oxygen atoms in total. The minimum absolute atomic E-state index is 0.0397. The van der Waals surface area contributed by atoms with Crippen LogP contribution in [0.25, 0.3) is 0 Å². The molecule has 2 heterocycles. The van der Waals surface area contributed by atoms with Gasteiger partial charge in [-0.1, -0.05) is 17.7 Å². The third-order valence-electron chi connectivity index (χ3n) is 3.97. The number of aryl methyl sites for hydroxylation is 1. The van der Waals surface area contributed by atoms with E-state index < -0.39 is 5.82 Å². The summed E-state index contributed by atoms with van der Waals surface area (Å²) in [5.74, 6) is -0.505. The Bertz CT molecular complexity index is 711. The van der Waals surface area contributed by atoms with Crippen LogP contribution in [0, 0.1) is 12.7 Å². The molecule has 3 rings (SSSR count). The third-order valence-corrected chi connectivity index (χ3v) is 4.28. The number of piperidine rings is 1. The van der Waals surface area contributed by atoms with Crippen molar-refractivity contribution in [3.05, 3.63) is 52.4 Å². The Morgan fingerprint density at radius 3 is 2.62 bits per heavy atom. The van der Waals surface area contributed by atoms with E-state index in [2.05, 4.69) is 10.2 Å². The van der Waals surface area contributed by atoms with E-state index in [9.17, 15) is 9.18 Å². The number of ether oxygens (including phenoxy) is 1. The lowest BCUT2D eigenvalue weighted by molar-refractivity contribution is 0.0582. The number of benzene rings is 1. The zero-order valence-electron chi connectivity index (χ0n) is 13.2. The van der Waals surface area contributed by atoms with Crippen molar-refractivity contribution >= 4 is 17.5 Å². The number of rotatable bonds is 3. The molecule has 1 amide bonds. The fraction of sp³-hybridized carbons (Fsp3) is 0.353. The molecule has 1 aliphatic heterocycles. The molecule has 7 heteroatoms. The second kappa shape index (κ2) is 7.13. The zero-order chi connectivity index (χ0) is 17.1. The highest BCUT2D eigenvalue weighted by Gasteiger charge is 2.27. The highest BCUT2D eigenvalue weighted by atomic mass is 35.5. The lowest BCUT2D eigenvalue weighted by atomic mass is 10.1. The Morgan fingerprint density at radius 2 is 2.00 bits per heavy atom. The lowest BCUT2D eigenvalue weighted by Gasteiger charge is -2.32. The van der Waals surface area contributed by atoms with Crippen molar-refractivity contribution in [3.63, 3.8) is 0 Å². The second-order valence-corrected chi connectivity index (χ2v) is 6.13. The summed E-state index contributed by atoms with van der Waals surface area (Å²) in [5.41, 5.74) is 0.757. The number of likely N-dealkylation sites (tertiary alicyclic amines) is 1. The molecule has 0 unspecified atom stereocenters. The second-order valence-electron chi connectivity index (χ2n) is 5.72. The van der Waals surface area contributed by atoms with Gasteiger partial charge in [0.2, 0.25) is 5.88 Å². The van der Waals surface area contributed by atoms with Gasteiger partial charge in [0, 0.05) is 32.0 Å². The van der Waals surface area contributed by atoms with Gasteiger partial charge in [0.05, 0.1) is 16.3 Å². The number of halogens is 2. The van der Waals surface area contributed by atoms with Crippen molar-refractivity contribution in [1.29, 1.82) is 0 Å². The molecule has 0 radical (unpaired) electrons. The Balaban J connectivity index is 1.60. The van der Waals surface area contributed by atoms with Gasteiger partial charge in [-0.25, -0.2) is 4.39 Å². The van der Waals surface area contributed by atoms with E-state index in [1.807, 2.05) is 13.0 Å². The highest BCUT2D eigenvalue weighted by molar-refractivity contribution is 6.33. The smallest absolute Gasteiger partial charge is 0.258 e. The van der Waals surface area contributed by atoms with Gasteiger partial charge < -0.3 is 9.64 Å². The van der Waals surface area contributed by atoms with Gasteiger partial charge in [0.1, 0.15) is 11.9 Å². The van der Waals surface area contributed by atoms with Crippen LogP contribution in [0.5, 0.6) is 5.88 Å². The van der Waals surface area contributed by atoms with Crippen LogP contribution in [0.15, 0.2) is 30.3 Å². The number of amides is 1. The van der Waals surface area contributed by atoms with E-state index >= 15 is 0 Å². The van der Waals surface area contributed by atoms with Gasteiger partial charge in [-0.05, 0) is 25.1 Å². The number of aromatic nitrogens is 2. The summed E-state index contributed by atoms with van der Waals surface area (Å²) < 4.78 is 19.7. The normalized spacial score (nSPS) is 15.4. The SMILES string of the molecule is Cc1ccc(OC2CCN(C(=O)c3c(F)cccc3Cl)CC2)nn1. The van der Waals surface area contributed by atoms with Crippen molar-refractivity contribution in [3.8, 4) is 5.88 Å². The Morgan fingerprint density at radius 1 is 1.25 bits per heavy atom. The maximum Gasteiger partial charge on any atom is 0.258 e. The average Bonchev–Trinajstić information content (AvgIpc) is 2.57. The molecule has 126 valence electrons. The molecule has 0 aliphatic carbocycles. The molecular formula is C17H17ClFN3O2. The van der Waals surface area contributed by atoms with E-state index in [1.165, 1.54) is 18.2 Å². The molecule has 0 N–H and O–H groups in total. The molecule has 1 aromatic carbocycles. The standard InChI is InChI=1S/C17H17ClFN3O2/c1-11-5-6-15(21-20-11)24-12-7-9-22(10-8-12)17(23)16-13(18)3-2-4-14(16)19/h2-6,12H,7-10H2,1H3. The Kier molecular flexibility index (Phi) is 4.94. The summed E-state index contributed by atoms with van der Waals surface area (Å²) in [5, 5.41) is 8.06. The first-order valence-electron chi connectivity index (χ1n) is 7.75. The number of carbonyl (C=O) groups is 1. The van der Waals surface area contributed by atoms with E-state index in [0.29, 0.717) is 31.8 Å². The largest absolute Gasteiger partial charge is 0.473 e. The van der Waals surface area contributed by atoms with E-state index in [1.54, 1.807) is 11.0 Å². The zero-order valence-corrected chi connectivity index (χ0v) is 14.0. The van der Waals surface area contributed by atoms with Crippen LogP contribution in [0.3, 0.4) is 0 Å². The number of hydrogen-bond acceptors (Lipinski definition) is 4. The molecule has 1 aliphatic rings. The molecule has 0 saturated carbocycles. The van der Waals surface area contributed by atoms with E-state index in [-0.39, 0.29) is 22.6 Å². The van der Waals surface area contributed by atoms with E-state index in [0.717, 1.165) is 5.69 Å². The van der Waals surface area contributed by atoms with Crippen molar-refractivity contribution in [2.24, 2.45) is 0 Å². The Labute approximate surface area is 144 Å². The lowest BCUT2D eigenvalue weighted by Crippen LogP contribution is -2.42. The van der Waals surface area contributed by atoms with Gasteiger partial charge in [0.25, 0.3) is 5.91 Å². The summed E-state index contributed by atoms with van der Waals surface area (Å²) in [7, 11) is 0. The molecule has 1 saturated heterocycles. The first-order chi connectivity index (χ1) is 11.5. The Hall–Kier alpha value is -2.21. The van der Waals surface area contributed by atoms with Crippen LogP contribution in [0.1, 0.15) is 28.9 Å². The summed E-state index contributed by atoms with van der Waals surface area (Å²) in [4.78, 5) is 14.1. The van der Waals surface area contributed by atoms with Gasteiger partial charge in [-0.2, -0.15) is 5.10 Å². The summed E-state index contributed by atoms with van der Waals surface area (Å²) in [6.45, 7) is 2.82. The van der Waals surface area contributed by atoms with E-state index in [4.69, 9.17) is 16.3 Å². The fourth-order valence-corrected chi connectivity index (χ4v) is 2.90. The number of nitrogens with zero attached hydrogens (tertiary/aromatic N) is 3. The average molecular weight is 350 g/mol. The quantitative estimate of drug-likeness (QED) is 0.853. The molecule has 1 aromatic heterocycles. The molecule has 0 atom stereocenters. The maximum absolute atomic E-state index is 13.9. The van der Waals surface area contributed by atoms with Gasteiger partial charge in [-0.15, -0.1) is 5.10 Å². The van der Waals surface area contributed by atoms with Crippen LogP contribution in [0.4, 0.5) is 4.39 Å². The minimum Gasteiger partial charge on any atom is -0.473 e. The predicted molar refractivity (Wildman–Crippen MR) is 87.7 cm³/mol. The summed E-state index contributed by atoms with van der Waals surface area (Å²) >= 11 is 5.96. The molecule has 2 aromatic rings. The van der Waals surface area contributed by atoms with Crippen molar-refractivity contribution in [2.45, 2.75) is 25.9 Å². The maximum atomic E-state index is 13.9. The topological polar surface area (TPSA) is 55.3 Å². The van der Waals surface area contributed by atoms with Crippen molar-refractivity contribution in [2.75, 3.05) is 13.1 Å². The number of hydrogen-bond donors (Lipinski definition) is 0. The van der Waals surface area contributed by atoms with Crippen LogP contribution in [0.2, 0.25) is 5.02 Å². The van der Waals surface area contributed by atoms with Gasteiger partial charge in [-0.3, -0.25) is 4.79 Å². The molecular weight excluding hydrogens is 333 g/mol. The van der Waals surface area contributed by atoms with Crippen molar-refractivity contribution < 1.29 is 13.9 Å². The highest BCUT2D eigenvalue weighted by Crippen LogP contribution is 2.23. The summed E-state index contributed by atoms with van der Waals surface area (Å²) in [6.07, 6.45) is 1.25. The molecule has 24 heavy (non-hydrogen) atoms. The molecule has 0 spiro atoms. The van der Waals surface area contributed by atoms with Gasteiger partial charge >= 0.3 is 0 Å². The minimum atomic E-state index is -0.596. The van der Waals surface area contributed by atoms with Crippen LogP contribution >= 0.6 is 11.6 Å². The first kappa shape index (κ1) is 16.6. The predicted octanol–water partition coefficient (Wildman–Crippen LogP) is 3.26. The monoisotopic (exact) mass is 349 g/mol. The molecule has 1 fully saturated rings. The van der Waals surface area contributed by atoms with Crippen LogP contribution < -0.4 is 4.74 Å². The fourth-order valence-electron chi connectivity index (χ4n) is 2.66. The summed E-state index contributed by atoms with van der Waals surface area (Å²) in [6, 6.07) is 7.85. The van der Waals surface area contributed by atoms with Crippen LogP contribution in [-0.4, -0.2) is 40.2 Å². The van der Waals surface area contributed by atoms with Crippen molar-refractivity contribution in [1.82, 2.24) is 15.1 Å². The third kappa shape index (κ3) is 3.64. The number of carbonyl (C=O) groups excluding carboxylic acids is 1. The first-order valence-corrected chi connectivity index (χ1v) is 8.12. The van der Waals surface area contributed by atoms with Gasteiger partial charge in [0.15, 0.2) is 0 Å². The van der Waals surface area contributed by atoms with Crippen LogP contribution in [-0.2, 0) is 0 Å².